The molecule has 0 aromatic heterocycles. The summed E-state index contributed by atoms with van der Waals surface area (Å²) in [5.74, 6) is 0.903. The Morgan fingerprint density at radius 1 is 1.17 bits per heavy atom. The van der Waals surface area contributed by atoms with E-state index >= 15 is 0 Å². The van der Waals surface area contributed by atoms with Gasteiger partial charge in [-0.1, -0.05) is 26.7 Å². The van der Waals surface area contributed by atoms with E-state index in [1.165, 1.54) is 19.3 Å². The van der Waals surface area contributed by atoms with E-state index in [1.54, 1.807) is 7.11 Å². The van der Waals surface area contributed by atoms with Gasteiger partial charge >= 0.3 is 0 Å². The molecular weight excluding hydrogens is 150 g/mol. The SMILES string of the molecule is CCC(CC)CCNCCOC. The van der Waals surface area contributed by atoms with E-state index < -0.39 is 0 Å². The maximum absolute atomic E-state index is 4.94. The van der Waals surface area contributed by atoms with Crippen LogP contribution in [-0.4, -0.2) is 26.8 Å². The van der Waals surface area contributed by atoms with Crippen molar-refractivity contribution in [3.05, 3.63) is 0 Å². The predicted octanol–water partition coefficient (Wildman–Crippen LogP) is 2.05. The van der Waals surface area contributed by atoms with Crippen LogP contribution in [-0.2, 0) is 4.74 Å². The average Bonchev–Trinajstić information content (AvgIpc) is 2.11. The lowest BCUT2D eigenvalue weighted by atomic mass is 10.00. The normalized spacial score (nSPS) is 11.0. The first-order valence-electron chi connectivity index (χ1n) is 5.04. The van der Waals surface area contributed by atoms with Gasteiger partial charge in [0.1, 0.15) is 0 Å². The molecule has 0 aromatic carbocycles. The summed E-state index contributed by atoms with van der Waals surface area (Å²) >= 11 is 0. The van der Waals surface area contributed by atoms with Crippen LogP contribution in [0.5, 0.6) is 0 Å². The molecule has 0 heterocycles. The van der Waals surface area contributed by atoms with E-state index in [1.807, 2.05) is 0 Å². The monoisotopic (exact) mass is 173 g/mol. The summed E-state index contributed by atoms with van der Waals surface area (Å²) in [4.78, 5) is 0. The summed E-state index contributed by atoms with van der Waals surface area (Å²) in [6, 6.07) is 0. The van der Waals surface area contributed by atoms with E-state index in [2.05, 4.69) is 19.2 Å². The molecule has 0 fully saturated rings. The van der Waals surface area contributed by atoms with Gasteiger partial charge in [0.05, 0.1) is 6.61 Å². The van der Waals surface area contributed by atoms with Gasteiger partial charge in [-0.3, -0.25) is 0 Å². The highest BCUT2D eigenvalue weighted by atomic mass is 16.5. The smallest absolute Gasteiger partial charge is 0.0587 e. The summed E-state index contributed by atoms with van der Waals surface area (Å²) < 4.78 is 4.94. The first kappa shape index (κ1) is 11.9. The van der Waals surface area contributed by atoms with E-state index in [-0.39, 0.29) is 0 Å². The van der Waals surface area contributed by atoms with Crippen LogP contribution in [0.25, 0.3) is 0 Å². The number of methoxy groups -OCH3 is 1. The zero-order valence-electron chi connectivity index (χ0n) is 8.73. The molecule has 0 saturated heterocycles. The Bertz CT molecular complexity index is 81.9. The molecule has 0 saturated carbocycles. The molecule has 0 spiro atoms. The fourth-order valence-electron chi connectivity index (χ4n) is 1.30. The van der Waals surface area contributed by atoms with Gasteiger partial charge in [0.15, 0.2) is 0 Å². The second-order valence-corrected chi connectivity index (χ2v) is 3.21. The molecular formula is C10H23NO. The van der Waals surface area contributed by atoms with Crippen LogP contribution in [0.1, 0.15) is 33.1 Å². The Kier molecular flexibility index (Phi) is 8.95. The van der Waals surface area contributed by atoms with Crippen molar-refractivity contribution >= 4 is 0 Å². The quantitative estimate of drug-likeness (QED) is 0.567. The first-order valence-corrected chi connectivity index (χ1v) is 5.04. The van der Waals surface area contributed by atoms with Gasteiger partial charge in [0.2, 0.25) is 0 Å². The summed E-state index contributed by atoms with van der Waals surface area (Å²) in [5, 5.41) is 3.36. The molecule has 0 amide bonds. The summed E-state index contributed by atoms with van der Waals surface area (Å²) in [6.45, 7) is 7.47. The number of nitrogens with one attached hydrogen (secondary N) is 1. The van der Waals surface area contributed by atoms with Gasteiger partial charge < -0.3 is 10.1 Å². The fourth-order valence-corrected chi connectivity index (χ4v) is 1.30. The number of rotatable bonds is 8. The molecule has 74 valence electrons. The zero-order chi connectivity index (χ0) is 9.23. The molecule has 0 radical (unpaired) electrons. The van der Waals surface area contributed by atoms with E-state index in [4.69, 9.17) is 4.74 Å². The van der Waals surface area contributed by atoms with Gasteiger partial charge in [0.25, 0.3) is 0 Å². The maximum Gasteiger partial charge on any atom is 0.0587 e. The van der Waals surface area contributed by atoms with E-state index in [9.17, 15) is 0 Å². The number of hydrogen-bond donors (Lipinski definition) is 1. The molecule has 2 nitrogen and oxygen atoms in total. The Morgan fingerprint density at radius 2 is 1.83 bits per heavy atom. The fraction of sp³-hybridized carbons (Fsp3) is 1.00. The van der Waals surface area contributed by atoms with E-state index in [0.29, 0.717) is 0 Å². The molecule has 0 bridgehead atoms. The second-order valence-electron chi connectivity index (χ2n) is 3.21. The van der Waals surface area contributed by atoms with Crippen LogP contribution in [0, 0.1) is 5.92 Å². The molecule has 0 atom stereocenters. The minimum atomic E-state index is 0.822. The molecule has 0 aliphatic heterocycles. The summed E-state index contributed by atoms with van der Waals surface area (Å²) in [7, 11) is 1.74. The minimum absolute atomic E-state index is 0.822. The van der Waals surface area contributed by atoms with Gasteiger partial charge in [0, 0.05) is 13.7 Å². The van der Waals surface area contributed by atoms with Crippen LogP contribution in [0.4, 0.5) is 0 Å². The van der Waals surface area contributed by atoms with Crippen molar-refractivity contribution in [2.45, 2.75) is 33.1 Å². The average molecular weight is 173 g/mol. The Balaban J connectivity index is 3.06. The standard InChI is InChI=1S/C10H23NO/c1-4-10(5-2)6-7-11-8-9-12-3/h10-11H,4-9H2,1-3H3. The Morgan fingerprint density at radius 3 is 2.33 bits per heavy atom. The third-order valence-corrected chi connectivity index (χ3v) is 2.37. The van der Waals surface area contributed by atoms with Crippen LogP contribution >= 0.6 is 0 Å². The van der Waals surface area contributed by atoms with Crippen molar-refractivity contribution in [1.82, 2.24) is 5.32 Å². The molecule has 1 N–H and O–H groups in total. The molecule has 0 aliphatic carbocycles. The molecule has 0 rings (SSSR count). The first-order chi connectivity index (χ1) is 5.85. The Hall–Kier alpha value is -0.0800. The lowest BCUT2D eigenvalue weighted by Gasteiger charge is -2.11. The molecule has 0 aliphatic rings. The van der Waals surface area contributed by atoms with Crippen LogP contribution in [0.15, 0.2) is 0 Å². The van der Waals surface area contributed by atoms with Gasteiger partial charge in [-0.2, -0.15) is 0 Å². The lowest BCUT2D eigenvalue weighted by molar-refractivity contribution is 0.198. The van der Waals surface area contributed by atoms with Crippen LogP contribution in [0.3, 0.4) is 0 Å². The van der Waals surface area contributed by atoms with Crippen molar-refractivity contribution < 1.29 is 4.74 Å². The Labute approximate surface area is 76.7 Å². The van der Waals surface area contributed by atoms with Gasteiger partial charge in [-0.15, -0.1) is 0 Å². The van der Waals surface area contributed by atoms with Crippen molar-refractivity contribution in [1.29, 1.82) is 0 Å². The molecule has 0 unspecified atom stereocenters. The second kappa shape index (κ2) is 9.01. The predicted molar refractivity (Wildman–Crippen MR) is 53.4 cm³/mol. The third-order valence-electron chi connectivity index (χ3n) is 2.37. The topological polar surface area (TPSA) is 21.3 Å². The molecule has 12 heavy (non-hydrogen) atoms. The van der Waals surface area contributed by atoms with Crippen molar-refractivity contribution in [2.75, 3.05) is 26.8 Å². The highest BCUT2D eigenvalue weighted by molar-refractivity contribution is 4.56. The number of hydrogen-bond acceptors (Lipinski definition) is 2. The minimum Gasteiger partial charge on any atom is -0.383 e. The maximum atomic E-state index is 4.94. The highest BCUT2D eigenvalue weighted by Gasteiger charge is 2.01. The van der Waals surface area contributed by atoms with Crippen molar-refractivity contribution in [3.63, 3.8) is 0 Å². The lowest BCUT2D eigenvalue weighted by Crippen LogP contribution is -2.22. The van der Waals surface area contributed by atoms with Crippen molar-refractivity contribution in [3.8, 4) is 0 Å². The zero-order valence-corrected chi connectivity index (χ0v) is 8.73. The van der Waals surface area contributed by atoms with Gasteiger partial charge in [-0.05, 0) is 18.9 Å². The van der Waals surface area contributed by atoms with Crippen LogP contribution in [0.2, 0.25) is 0 Å². The van der Waals surface area contributed by atoms with Crippen LogP contribution < -0.4 is 5.32 Å². The van der Waals surface area contributed by atoms with Crippen molar-refractivity contribution in [2.24, 2.45) is 5.92 Å². The summed E-state index contributed by atoms with van der Waals surface area (Å²) in [6.07, 6.45) is 3.92. The molecule has 0 aromatic rings. The number of ether oxygens (including phenoxy) is 1. The largest absolute Gasteiger partial charge is 0.383 e. The van der Waals surface area contributed by atoms with E-state index in [0.717, 1.165) is 25.6 Å². The highest BCUT2D eigenvalue weighted by Crippen LogP contribution is 2.10. The molecule has 2 heteroatoms. The third kappa shape index (κ3) is 6.62. The summed E-state index contributed by atoms with van der Waals surface area (Å²) in [5.41, 5.74) is 0. The van der Waals surface area contributed by atoms with Gasteiger partial charge in [-0.25, -0.2) is 0 Å².